The van der Waals surface area contributed by atoms with E-state index in [1.807, 2.05) is 0 Å². The number of hydrogen-bond acceptors (Lipinski definition) is 8. The highest BCUT2D eigenvalue weighted by molar-refractivity contribution is 7.89. The fourth-order valence-electron chi connectivity index (χ4n) is 3.91. The predicted octanol–water partition coefficient (Wildman–Crippen LogP) is 0.598. The third-order valence-corrected chi connectivity index (χ3v) is 9.54. The average molecular weight is 496 g/mol. The second kappa shape index (κ2) is 7.87. The van der Waals surface area contributed by atoms with E-state index in [0.29, 0.717) is 30.2 Å². The Kier molecular flexibility index (Phi) is 5.23. The van der Waals surface area contributed by atoms with Gasteiger partial charge in [-0.05, 0) is 24.3 Å². The molecular weight excluding hydrogens is 474 g/mol. The number of oxazole rings is 1. The van der Waals surface area contributed by atoms with Crippen LogP contribution >= 0.6 is 0 Å². The van der Waals surface area contributed by atoms with Gasteiger partial charge in [0.15, 0.2) is 17.1 Å². The molecule has 1 fully saturated rings. The largest absolute Gasteiger partial charge is 0.486 e. The molecule has 0 N–H and O–H groups in total. The second-order valence-corrected chi connectivity index (χ2v) is 11.5. The van der Waals surface area contributed by atoms with Gasteiger partial charge in [0.1, 0.15) is 13.2 Å². The van der Waals surface area contributed by atoms with Crippen molar-refractivity contribution >= 4 is 31.1 Å². The van der Waals surface area contributed by atoms with Crippen LogP contribution in [0.3, 0.4) is 0 Å². The maximum atomic E-state index is 13.1. The maximum Gasteiger partial charge on any atom is 0.419 e. The van der Waals surface area contributed by atoms with Crippen molar-refractivity contribution in [1.29, 1.82) is 0 Å². The van der Waals surface area contributed by atoms with E-state index in [0.717, 1.165) is 0 Å². The fourth-order valence-corrected chi connectivity index (χ4v) is 6.78. The summed E-state index contributed by atoms with van der Waals surface area (Å²) in [6, 6.07) is 8.66. The summed E-state index contributed by atoms with van der Waals surface area (Å²) in [6.07, 6.45) is 0. The highest BCUT2D eigenvalue weighted by Gasteiger charge is 2.34. The van der Waals surface area contributed by atoms with Crippen LogP contribution in [0.4, 0.5) is 0 Å². The van der Waals surface area contributed by atoms with Crippen LogP contribution in [0.1, 0.15) is 0 Å². The number of nitrogens with zero attached hydrogens (tertiary/aromatic N) is 3. The molecule has 0 spiro atoms. The van der Waals surface area contributed by atoms with Crippen LogP contribution in [-0.4, -0.2) is 69.4 Å². The van der Waals surface area contributed by atoms with Gasteiger partial charge in [0.25, 0.3) is 0 Å². The van der Waals surface area contributed by atoms with Crippen molar-refractivity contribution in [3.8, 4) is 11.5 Å². The molecule has 2 aliphatic heterocycles. The van der Waals surface area contributed by atoms with Crippen molar-refractivity contribution in [2.24, 2.45) is 7.05 Å². The SMILES string of the molecule is Cn1c(=O)oc2cc(S(=O)(=O)N3CCN(S(=O)(=O)c4ccc5c(c4)OCCO5)CC3)ccc21. The third kappa shape index (κ3) is 3.70. The van der Waals surface area contributed by atoms with Gasteiger partial charge in [-0.1, -0.05) is 0 Å². The summed E-state index contributed by atoms with van der Waals surface area (Å²) in [6.45, 7) is 0.715. The number of aryl methyl sites for hydroxylation is 1. The van der Waals surface area contributed by atoms with E-state index in [2.05, 4.69) is 0 Å². The summed E-state index contributed by atoms with van der Waals surface area (Å²) in [7, 11) is -6.20. The standard InChI is InChI=1S/C20H21N3O8S2/c1-21-16-4-2-14(12-18(16)31-20(21)24)32(25,26)22-6-8-23(9-7-22)33(27,28)15-3-5-17-19(13-15)30-11-10-29-17/h2-5,12-13H,6-11H2,1H3. The zero-order valence-corrected chi connectivity index (χ0v) is 19.3. The van der Waals surface area contributed by atoms with Crippen molar-refractivity contribution in [2.75, 3.05) is 39.4 Å². The molecule has 0 amide bonds. The lowest BCUT2D eigenvalue weighted by Crippen LogP contribution is -2.50. The van der Waals surface area contributed by atoms with Crippen LogP contribution in [0, 0.1) is 0 Å². The quantitative estimate of drug-likeness (QED) is 0.515. The first kappa shape index (κ1) is 21.9. The Labute approximate surface area is 189 Å². The minimum absolute atomic E-state index is 0.00132. The number of ether oxygens (including phenoxy) is 2. The van der Waals surface area contributed by atoms with Gasteiger partial charge in [0.2, 0.25) is 20.0 Å². The lowest BCUT2D eigenvalue weighted by atomic mass is 10.3. The Morgan fingerprint density at radius 3 is 1.94 bits per heavy atom. The zero-order chi connectivity index (χ0) is 23.4. The van der Waals surface area contributed by atoms with Gasteiger partial charge >= 0.3 is 5.76 Å². The summed E-state index contributed by atoms with van der Waals surface area (Å²) < 4.78 is 72.2. The lowest BCUT2D eigenvalue weighted by Gasteiger charge is -2.33. The Balaban J connectivity index is 1.34. The van der Waals surface area contributed by atoms with Gasteiger partial charge in [-0.25, -0.2) is 21.6 Å². The molecule has 0 saturated carbocycles. The number of rotatable bonds is 4. The van der Waals surface area contributed by atoms with E-state index >= 15 is 0 Å². The van der Waals surface area contributed by atoms with E-state index in [1.165, 1.54) is 50.6 Å². The number of benzene rings is 2. The first-order valence-electron chi connectivity index (χ1n) is 10.2. The highest BCUT2D eigenvalue weighted by atomic mass is 32.2. The van der Waals surface area contributed by atoms with Gasteiger partial charge in [0, 0.05) is 45.4 Å². The van der Waals surface area contributed by atoms with Gasteiger partial charge in [-0.2, -0.15) is 8.61 Å². The first-order chi connectivity index (χ1) is 15.7. The maximum absolute atomic E-state index is 13.1. The molecule has 3 aromatic rings. The molecule has 33 heavy (non-hydrogen) atoms. The second-order valence-electron chi connectivity index (χ2n) is 7.67. The van der Waals surface area contributed by atoms with Gasteiger partial charge in [0.05, 0.1) is 15.3 Å². The highest BCUT2D eigenvalue weighted by Crippen LogP contribution is 2.33. The molecule has 2 aromatic carbocycles. The molecular formula is C20H21N3O8S2. The van der Waals surface area contributed by atoms with Crippen LogP contribution < -0.4 is 15.2 Å². The minimum atomic E-state index is -3.90. The van der Waals surface area contributed by atoms with Crippen molar-refractivity contribution in [3.63, 3.8) is 0 Å². The first-order valence-corrected chi connectivity index (χ1v) is 13.1. The molecule has 0 unspecified atom stereocenters. The molecule has 1 saturated heterocycles. The lowest BCUT2D eigenvalue weighted by molar-refractivity contribution is 0.171. The van der Waals surface area contributed by atoms with Crippen LogP contribution in [0.5, 0.6) is 11.5 Å². The monoisotopic (exact) mass is 495 g/mol. The van der Waals surface area contributed by atoms with E-state index in [1.54, 1.807) is 6.07 Å². The Bertz CT molecular complexity index is 1500. The van der Waals surface area contributed by atoms with Crippen LogP contribution in [0.25, 0.3) is 11.1 Å². The zero-order valence-electron chi connectivity index (χ0n) is 17.6. The summed E-state index contributed by atoms with van der Waals surface area (Å²) in [5, 5.41) is 0. The topological polar surface area (TPSA) is 128 Å². The van der Waals surface area contributed by atoms with E-state index in [9.17, 15) is 21.6 Å². The fraction of sp³-hybridized carbons (Fsp3) is 0.350. The molecule has 2 aliphatic rings. The van der Waals surface area contributed by atoms with Crippen molar-refractivity contribution < 1.29 is 30.7 Å². The molecule has 13 heteroatoms. The molecule has 0 bridgehead atoms. The van der Waals surface area contributed by atoms with Crippen LogP contribution in [0.15, 0.2) is 55.4 Å². The van der Waals surface area contributed by atoms with E-state index in [-0.39, 0.29) is 41.6 Å². The van der Waals surface area contributed by atoms with Crippen molar-refractivity contribution in [2.45, 2.75) is 9.79 Å². The minimum Gasteiger partial charge on any atom is -0.486 e. The van der Waals surface area contributed by atoms with E-state index in [4.69, 9.17) is 13.9 Å². The normalized spacial score (nSPS) is 18.0. The smallest absolute Gasteiger partial charge is 0.419 e. The van der Waals surface area contributed by atoms with Crippen molar-refractivity contribution in [3.05, 3.63) is 46.9 Å². The van der Waals surface area contributed by atoms with Gasteiger partial charge < -0.3 is 13.9 Å². The molecule has 176 valence electrons. The Morgan fingerprint density at radius 1 is 0.758 bits per heavy atom. The average Bonchev–Trinajstić information content (AvgIpc) is 3.11. The third-order valence-electron chi connectivity index (χ3n) is 5.75. The van der Waals surface area contributed by atoms with Crippen LogP contribution in [-0.2, 0) is 27.1 Å². The van der Waals surface area contributed by atoms with Gasteiger partial charge in [-0.3, -0.25) is 4.57 Å². The number of piperazine rings is 1. The summed E-state index contributed by atoms with van der Waals surface area (Å²) in [5.74, 6) is 0.270. The molecule has 0 aliphatic carbocycles. The number of fused-ring (bicyclic) bond motifs is 2. The summed E-state index contributed by atoms with van der Waals surface area (Å²) in [5.41, 5.74) is 0.651. The van der Waals surface area contributed by atoms with Crippen LogP contribution in [0.2, 0.25) is 0 Å². The molecule has 1 aromatic heterocycles. The van der Waals surface area contributed by atoms with Gasteiger partial charge in [-0.15, -0.1) is 0 Å². The van der Waals surface area contributed by atoms with E-state index < -0.39 is 25.8 Å². The summed E-state index contributed by atoms with van der Waals surface area (Å²) >= 11 is 0. The molecule has 5 rings (SSSR count). The number of hydrogen-bond donors (Lipinski definition) is 0. The molecule has 0 atom stereocenters. The Hall–Kier alpha value is -2.87. The summed E-state index contributed by atoms with van der Waals surface area (Å²) in [4.78, 5) is 11.7. The number of sulfonamides is 2. The molecule has 11 nitrogen and oxygen atoms in total. The predicted molar refractivity (Wildman–Crippen MR) is 116 cm³/mol. The molecule has 3 heterocycles. The number of aromatic nitrogens is 1. The molecule has 0 radical (unpaired) electrons. The van der Waals surface area contributed by atoms with Crippen molar-refractivity contribution in [1.82, 2.24) is 13.2 Å². The Morgan fingerprint density at radius 2 is 1.30 bits per heavy atom.